The Morgan fingerprint density at radius 2 is 2.00 bits per heavy atom. The van der Waals surface area contributed by atoms with Gasteiger partial charge in [-0.3, -0.25) is 4.98 Å². The highest BCUT2D eigenvalue weighted by Gasteiger charge is 2.46. The Balaban J connectivity index is 1.95. The topological polar surface area (TPSA) is 108 Å². The Labute approximate surface area is 170 Å². The largest absolute Gasteiger partial charge is 0.433 e. The predicted molar refractivity (Wildman–Crippen MR) is 103 cm³/mol. The van der Waals surface area contributed by atoms with E-state index in [0.29, 0.717) is 23.9 Å². The van der Waals surface area contributed by atoms with Gasteiger partial charge in [0.05, 0.1) is 43.3 Å². The van der Waals surface area contributed by atoms with Crippen LogP contribution in [0.3, 0.4) is 0 Å². The zero-order chi connectivity index (χ0) is 21.9. The molecule has 11 heteroatoms. The van der Waals surface area contributed by atoms with Gasteiger partial charge in [0.25, 0.3) is 0 Å². The second-order valence-electron chi connectivity index (χ2n) is 7.28. The van der Waals surface area contributed by atoms with Gasteiger partial charge >= 0.3 is 6.18 Å². The quantitative estimate of drug-likeness (QED) is 0.667. The Morgan fingerprint density at radius 3 is 2.57 bits per heavy atom. The molecule has 0 aliphatic heterocycles. The minimum absolute atomic E-state index is 0.0222. The fourth-order valence-corrected chi connectivity index (χ4v) is 4.41. The highest BCUT2D eigenvalue weighted by Crippen LogP contribution is 2.48. The molecule has 1 N–H and O–H groups in total. The number of aryl methyl sites for hydroxylation is 1. The Hall–Kier alpha value is -3.00. The van der Waals surface area contributed by atoms with E-state index in [4.69, 9.17) is 4.78 Å². The first kappa shape index (κ1) is 20.3. The highest BCUT2D eigenvalue weighted by molar-refractivity contribution is 7.92. The summed E-state index contributed by atoms with van der Waals surface area (Å²) in [4.78, 5) is 12.2. The summed E-state index contributed by atoms with van der Waals surface area (Å²) in [5.74, 6) is 0.205. The maximum Gasteiger partial charge on any atom is 0.433 e. The molecule has 0 bridgehead atoms. The Bertz CT molecular complexity index is 1320. The summed E-state index contributed by atoms with van der Waals surface area (Å²) in [5, 5.41) is 9.47. The number of aromatic nitrogens is 4. The van der Waals surface area contributed by atoms with Crippen molar-refractivity contribution in [1.29, 1.82) is 10.0 Å². The SMILES string of the molecule is CCS(=N)(=O)c1cc(C2(C#N)CC2)cnc1-c1nc2cc(C(F)(F)F)ncc2n1C. The monoisotopic (exact) mass is 434 g/mol. The highest BCUT2D eigenvalue weighted by atomic mass is 32.2. The molecule has 0 saturated heterocycles. The smallest absolute Gasteiger partial charge is 0.325 e. The fourth-order valence-electron chi connectivity index (χ4n) is 3.33. The number of fused-ring (bicyclic) bond motifs is 1. The second kappa shape index (κ2) is 6.50. The number of imidazole rings is 1. The van der Waals surface area contributed by atoms with Crippen molar-refractivity contribution < 1.29 is 17.4 Å². The molecule has 30 heavy (non-hydrogen) atoms. The lowest BCUT2D eigenvalue weighted by atomic mass is 9.99. The maximum absolute atomic E-state index is 13.0. The maximum atomic E-state index is 13.0. The zero-order valence-electron chi connectivity index (χ0n) is 16.1. The van der Waals surface area contributed by atoms with E-state index in [2.05, 4.69) is 21.0 Å². The van der Waals surface area contributed by atoms with Crippen LogP contribution in [0.4, 0.5) is 13.2 Å². The van der Waals surface area contributed by atoms with Gasteiger partial charge < -0.3 is 4.57 Å². The summed E-state index contributed by atoms with van der Waals surface area (Å²) in [6.45, 7) is 1.61. The van der Waals surface area contributed by atoms with Crippen LogP contribution in [0.1, 0.15) is 31.0 Å². The van der Waals surface area contributed by atoms with E-state index in [-0.39, 0.29) is 27.7 Å². The van der Waals surface area contributed by atoms with Crippen molar-refractivity contribution in [1.82, 2.24) is 19.5 Å². The van der Waals surface area contributed by atoms with Crippen LogP contribution in [-0.2, 0) is 28.4 Å². The number of nitriles is 1. The molecule has 1 unspecified atom stereocenters. The molecule has 7 nitrogen and oxygen atoms in total. The van der Waals surface area contributed by atoms with Crippen LogP contribution in [0.25, 0.3) is 22.6 Å². The van der Waals surface area contributed by atoms with E-state index < -0.39 is 27.0 Å². The third-order valence-electron chi connectivity index (χ3n) is 5.40. The summed E-state index contributed by atoms with van der Waals surface area (Å²) in [6, 6.07) is 4.66. The first-order valence-electron chi connectivity index (χ1n) is 9.11. The molecule has 1 aliphatic rings. The van der Waals surface area contributed by atoms with Gasteiger partial charge in [-0.25, -0.2) is 19.0 Å². The van der Waals surface area contributed by atoms with Crippen LogP contribution in [0.15, 0.2) is 29.4 Å². The molecular formula is C19H17F3N6OS. The summed E-state index contributed by atoms with van der Waals surface area (Å²) in [6.07, 6.45) is -0.709. The zero-order valence-corrected chi connectivity index (χ0v) is 16.9. The lowest BCUT2D eigenvalue weighted by Crippen LogP contribution is -2.11. The molecule has 1 aliphatic carbocycles. The van der Waals surface area contributed by atoms with Crippen LogP contribution in [0, 0.1) is 16.1 Å². The number of pyridine rings is 2. The Kier molecular flexibility index (Phi) is 4.39. The first-order chi connectivity index (χ1) is 14.0. The molecule has 0 spiro atoms. The van der Waals surface area contributed by atoms with Gasteiger partial charge in [0.1, 0.15) is 11.4 Å². The second-order valence-corrected chi connectivity index (χ2v) is 9.65. The van der Waals surface area contributed by atoms with Gasteiger partial charge in [-0.2, -0.15) is 18.4 Å². The first-order valence-corrected chi connectivity index (χ1v) is 10.8. The van der Waals surface area contributed by atoms with Crippen LogP contribution >= 0.6 is 0 Å². The summed E-state index contributed by atoms with van der Waals surface area (Å²) in [5.41, 5.74) is -0.584. The van der Waals surface area contributed by atoms with Crippen LogP contribution in [0.2, 0.25) is 0 Å². The lowest BCUT2D eigenvalue weighted by molar-refractivity contribution is -0.141. The third-order valence-corrected chi connectivity index (χ3v) is 7.24. The number of rotatable bonds is 4. The molecule has 1 atom stereocenters. The molecular weight excluding hydrogens is 417 g/mol. The van der Waals surface area contributed by atoms with E-state index in [1.807, 2.05) is 0 Å². The van der Waals surface area contributed by atoms with Gasteiger partial charge in [-0.05, 0) is 30.5 Å². The molecule has 0 amide bonds. The van der Waals surface area contributed by atoms with E-state index in [1.165, 1.54) is 10.8 Å². The minimum atomic E-state index is -4.61. The molecule has 3 aromatic rings. The molecule has 4 rings (SSSR count). The van der Waals surface area contributed by atoms with Crippen molar-refractivity contribution in [3.63, 3.8) is 0 Å². The van der Waals surface area contributed by atoms with Crippen molar-refractivity contribution >= 4 is 20.8 Å². The van der Waals surface area contributed by atoms with Crippen LogP contribution in [-0.4, -0.2) is 29.5 Å². The van der Waals surface area contributed by atoms with Crippen LogP contribution < -0.4 is 0 Å². The number of alkyl halides is 3. The summed E-state index contributed by atoms with van der Waals surface area (Å²) < 4.78 is 61.8. The standard InChI is InChI=1S/C19H17F3N6OS/c1-3-30(24,29)14-6-11(18(10-23)4-5-18)8-26-16(14)17-27-12-7-15(19(20,21)22)25-9-13(12)28(17)2/h6-9,24H,3-5H2,1-2H3. The van der Waals surface area contributed by atoms with Crippen LogP contribution in [0.5, 0.6) is 0 Å². The van der Waals surface area contributed by atoms with E-state index in [9.17, 15) is 22.6 Å². The van der Waals surface area contributed by atoms with Gasteiger partial charge in [0, 0.05) is 19.0 Å². The van der Waals surface area contributed by atoms with E-state index in [0.717, 1.165) is 12.3 Å². The van der Waals surface area contributed by atoms with Gasteiger partial charge in [0.2, 0.25) is 0 Å². The predicted octanol–water partition coefficient (Wildman–Crippen LogP) is 4.03. The molecule has 3 aromatic heterocycles. The summed E-state index contributed by atoms with van der Waals surface area (Å²) >= 11 is 0. The van der Waals surface area contributed by atoms with Gasteiger partial charge in [-0.15, -0.1) is 0 Å². The number of hydrogen-bond acceptors (Lipinski definition) is 6. The van der Waals surface area contributed by atoms with E-state index >= 15 is 0 Å². The molecule has 1 saturated carbocycles. The summed E-state index contributed by atoms with van der Waals surface area (Å²) in [7, 11) is -1.66. The average molecular weight is 434 g/mol. The van der Waals surface area contributed by atoms with Crippen molar-refractivity contribution in [3.8, 4) is 17.6 Å². The average Bonchev–Trinajstić information content (AvgIpc) is 3.45. The fraction of sp³-hybridized carbons (Fsp3) is 0.368. The molecule has 1 fully saturated rings. The minimum Gasteiger partial charge on any atom is -0.325 e. The van der Waals surface area contributed by atoms with Gasteiger partial charge in [0.15, 0.2) is 5.82 Å². The Morgan fingerprint density at radius 1 is 1.30 bits per heavy atom. The molecule has 3 heterocycles. The van der Waals surface area contributed by atoms with E-state index in [1.54, 1.807) is 20.0 Å². The number of nitrogens with zero attached hydrogens (tertiary/aromatic N) is 5. The molecule has 0 aromatic carbocycles. The number of hydrogen-bond donors (Lipinski definition) is 1. The lowest BCUT2D eigenvalue weighted by Gasteiger charge is -2.14. The van der Waals surface area contributed by atoms with Crippen molar-refractivity contribution in [3.05, 3.63) is 35.8 Å². The van der Waals surface area contributed by atoms with Crippen molar-refractivity contribution in [2.45, 2.75) is 36.3 Å². The normalized spacial score (nSPS) is 17.5. The number of nitrogens with one attached hydrogen (secondary N) is 1. The number of halogens is 3. The third kappa shape index (κ3) is 3.11. The van der Waals surface area contributed by atoms with Crippen molar-refractivity contribution in [2.75, 3.05) is 5.75 Å². The molecule has 0 radical (unpaired) electrons. The van der Waals surface area contributed by atoms with Gasteiger partial charge in [-0.1, -0.05) is 6.92 Å². The molecule has 156 valence electrons. The van der Waals surface area contributed by atoms with Crippen molar-refractivity contribution in [2.24, 2.45) is 7.05 Å².